The number of primary sulfonamides is 1. The lowest BCUT2D eigenvalue weighted by molar-refractivity contribution is -0.387. The van der Waals surface area contributed by atoms with Gasteiger partial charge < -0.3 is 0 Å². The van der Waals surface area contributed by atoms with Gasteiger partial charge in [-0.05, 0) is 30.7 Å². The molecule has 0 radical (unpaired) electrons. The van der Waals surface area contributed by atoms with E-state index in [-0.39, 0.29) is 4.90 Å². The van der Waals surface area contributed by atoms with E-state index in [0.29, 0.717) is 5.56 Å². The van der Waals surface area contributed by atoms with Gasteiger partial charge in [0.25, 0.3) is 5.69 Å². The van der Waals surface area contributed by atoms with Crippen LogP contribution >= 0.6 is 0 Å². The Kier molecular flexibility index (Phi) is 5.47. The molecular weight excluding hydrogens is 382 g/mol. The molecule has 2 rings (SSSR count). The SMILES string of the molecule is CC(c1ccc(S(N)(=O)=O)cc1)N(C)S(=O)(=O)c1ccccc1[N+](=O)[O-]. The molecule has 0 saturated heterocycles. The summed E-state index contributed by atoms with van der Waals surface area (Å²) in [6.07, 6.45) is 0. The Balaban J connectivity index is 2.41. The zero-order chi connectivity index (χ0) is 19.7. The van der Waals surface area contributed by atoms with Gasteiger partial charge in [-0.2, -0.15) is 4.31 Å². The predicted octanol–water partition coefficient (Wildman–Crippen LogP) is 1.62. The molecule has 0 aliphatic rings. The van der Waals surface area contributed by atoms with Crippen molar-refractivity contribution in [2.45, 2.75) is 22.8 Å². The zero-order valence-corrected chi connectivity index (χ0v) is 15.6. The van der Waals surface area contributed by atoms with Crippen molar-refractivity contribution in [2.24, 2.45) is 5.14 Å². The molecule has 0 heterocycles. The number of nitro groups is 1. The first-order valence-electron chi connectivity index (χ1n) is 7.30. The lowest BCUT2D eigenvalue weighted by Gasteiger charge is -2.24. The zero-order valence-electron chi connectivity index (χ0n) is 13.9. The summed E-state index contributed by atoms with van der Waals surface area (Å²) in [6.45, 7) is 1.58. The van der Waals surface area contributed by atoms with Crippen LogP contribution in [0.5, 0.6) is 0 Å². The van der Waals surface area contributed by atoms with Crippen LogP contribution in [0.15, 0.2) is 58.3 Å². The third kappa shape index (κ3) is 3.90. The number of benzene rings is 2. The first-order chi connectivity index (χ1) is 12.0. The summed E-state index contributed by atoms with van der Waals surface area (Å²) < 4.78 is 49.2. The summed E-state index contributed by atoms with van der Waals surface area (Å²) in [5.41, 5.74) is -0.0156. The van der Waals surface area contributed by atoms with Gasteiger partial charge in [0.15, 0.2) is 4.90 Å². The molecule has 0 aromatic heterocycles. The molecule has 1 unspecified atom stereocenters. The van der Waals surface area contributed by atoms with Crippen LogP contribution in [0.2, 0.25) is 0 Å². The second kappa shape index (κ2) is 7.11. The van der Waals surface area contributed by atoms with E-state index in [1.54, 1.807) is 6.92 Å². The summed E-state index contributed by atoms with van der Waals surface area (Å²) in [5, 5.41) is 16.2. The molecule has 2 aromatic carbocycles. The fourth-order valence-corrected chi connectivity index (χ4v) is 4.36. The normalized spacial score (nSPS) is 13.5. The summed E-state index contributed by atoms with van der Waals surface area (Å²) in [4.78, 5) is 9.84. The summed E-state index contributed by atoms with van der Waals surface area (Å²) in [7, 11) is -6.71. The summed E-state index contributed by atoms with van der Waals surface area (Å²) in [5.74, 6) is 0. The number of hydrogen-bond donors (Lipinski definition) is 1. The average molecular weight is 399 g/mol. The first-order valence-corrected chi connectivity index (χ1v) is 10.3. The van der Waals surface area contributed by atoms with Gasteiger partial charge in [0.2, 0.25) is 20.0 Å². The van der Waals surface area contributed by atoms with Crippen LogP contribution in [-0.4, -0.2) is 33.1 Å². The molecule has 26 heavy (non-hydrogen) atoms. The molecule has 0 amide bonds. The van der Waals surface area contributed by atoms with Gasteiger partial charge in [-0.25, -0.2) is 22.0 Å². The molecule has 0 bridgehead atoms. The van der Waals surface area contributed by atoms with Crippen molar-refractivity contribution >= 4 is 25.7 Å². The van der Waals surface area contributed by atoms with Gasteiger partial charge >= 0.3 is 0 Å². The maximum atomic E-state index is 12.8. The monoisotopic (exact) mass is 399 g/mol. The van der Waals surface area contributed by atoms with Gasteiger partial charge in [-0.3, -0.25) is 10.1 Å². The van der Waals surface area contributed by atoms with E-state index in [1.165, 1.54) is 49.5 Å². The van der Waals surface area contributed by atoms with Crippen molar-refractivity contribution in [3.63, 3.8) is 0 Å². The minimum Gasteiger partial charge on any atom is -0.258 e. The molecule has 0 aliphatic carbocycles. The molecule has 0 saturated carbocycles. The molecule has 1 atom stereocenters. The number of sulfonamides is 2. The van der Waals surface area contributed by atoms with Crippen LogP contribution in [0, 0.1) is 10.1 Å². The third-order valence-corrected chi connectivity index (χ3v) is 6.86. The highest BCUT2D eigenvalue weighted by Crippen LogP contribution is 2.30. The largest absolute Gasteiger partial charge is 0.289 e. The molecule has 2 N–H and O–H groups in total. The molecule has 9 nitrogen and oxygen atoms in total. The van der Waals surface area contributed by atoms with E-state index >= 15 is 0 Å². The molecule has 2 aromatic rings. The highest BCUT2D eigenvalue weighted by Gasteiger charge is 2.32. The lowest BCUT2D eigenvalue weighted by Crippen LogP contribution is -2.30. The Morgan fingerprint density at radius 3 is 2.08 bits per heavy atom. The quantitative estimate of drug-likeness (QED) is 0.578. The van der Waals surface area contributed by atoms with Gasteiger partial charge in [-0.1, -0.05) is 24.3 Å². The van der Waals surface area contributed by atoms with Crippen molar-refractivity contribution in [1.82, 2.24) is 4.31 Å². The molecule has 0 spiro atoms. The second-order valence-corrected chi connectivity index (χ2v) is 9.06. The van der Waals surface area contributed by atoms with E-state index in [2.05, 4.69) is 0 Å². The number of nitrogens with zero attached hydrogens (tertiary/aromatic N) is 2. The van der Waals surface area contributed by atoms with E-state index in [0.717, 1.165) is 10.4 Å². The number of nitrogens with two attached hydrogens (primary N) is 1. The second-order valence-electron chi connectivity index (χ2n) is 5.54. The Morgan fingerprint density at radius 1 is 1.04 bits per heavy atom. The molecular formula is C15H17N3O6S2. The van der Waals surface area contributed by atoms with Gasteiger partial charge in [0, 0.05) is 19.2 Å². The van der Waals surface area contributed by atoms with Crippen LogP contribution in [0.3, 0.4) is 0 Å². The highest BCUT2D eigenvalue weighted by atomic mass is 32.2. The number of para-hydroxylation sites is 1. The Labute approximate surface area is 151 Å². The van der Waals surface area contributed by atoms with E-state index < -0.39 is 41.6 Å². The predicted molar refractivity (Wildman–Crippen MR) is 94.3 cm³/mol. The van der Waals surface area contributed by atoms with Crippen molar-refractivity contribution in [3.05, 3.63) is 64.2 Å². The lowest BCUT2D eigenvalue weighted by atomic mass is 10.1. The Bertz CT molecular complexity index is 1030. The molecule has 140 valence electrons. The van der Waals surface area contributed by atoms with Crippen LogP contribution < -0.4 is 5.14 Å². The van der Waals surface area contributed by atoms with Crippen LogP contribution in [-0.2, 0) is 20.0 Å². The standard InChI is InChI=1S/C15H17N3O6S2/c1-11(12-7-9-13(10-8-12)25(16,21)22)17(2)26(23,24)15-6-4-3-5-14(15)18(19)20/h3-11H,1-2H3,(H2,16,21,22). The Morgan fingerprint density at radius 2 is 1.58 bits per heavy atom. The van der Waals surface area contributed by atoms with E-state index in [9.17, 15) is 26.9 Å². The average Bonchev–Trinajstić information content (AvgIpc) is 2.59. The third-order valence-electron chi connectivity index (χ3n) is 3.96. The number of rotatable bonds is 6. The molecule has 0 fully saturated rings. The fourth-order valence-electron chi connectivity index (χ4n) is 2.34. The van der Waals surface area contributed by atoms with Crippen molar-refractivity contribution < 1.29 is 21.8 Å². The smallest absolute Gasteiger partial charge is 0.258 e. The fraction of sp³-hybridized carbons (Fsp3) is 0.200. The molecule has 11 heteroatoms. The van der Waals surface area contributed by atoms with Crippen LogP contribution in [0.1, 0.15) is 18.5 Å². The van der Waals surface area contributed by atoms with Crippen molar-refractivity contribution in [2.75, 3.05) is 7.05 Å². The highest BCUT2D eigenvalue weighted by molar-refractivity contribution is 7.89. The maximum Gasteiger partial charge on any atom is 0.289 e. The minimum atomic E-state index is -4.15. The van der Waals surface area contributed by atoms with Gasteiger partial charge in [-0.15, -0.1) is 0 Å². The van der Waals surface area contributed by atoms with E-state index in [1.807, 2.05) is 0 Å². The van der Waals surface area contributed by atoms with Crippen molar-refractivity contribution in [1.29, 1.82) is 0 Å². The van der Waals surface area contributed by atoms with Crippen molar-refractivity contribution in [3.8, 4) is 0 Å². The van der Waals surface area contributed by atoms with Crippen LogP contribution in [0.4, 0.5) is 5.69 Å². The molecule has 0 aliphatic heterocycles. The number of nitro benzene ring substituents is 1. The van der Waals surface area contributed by atoms with E-state index in [4.69, 9.17) is 5.14 Å². The van der Waals surface area contributed by atoms with Gasteiger partial charge in [0.05, 0.1) is 9.82 Å². The Hall–Kier alpha value is -2.34. The first kappa shape index (κ1) is 20.0. The summed E-state index contributed by atoms with van der Waals surface area (Å²) in [6, 6.07) is 9.79. The minimum absolute atomic E-state index is 0.0994. The van der Waals surface area contributed by atoms with Crippen LogP contribution in [0.25, 0.3) is 0 Å². The maximum absolute atomic E-state index is 12.8. The summed E-state index contributed by atoms with van der Waals surface area (Å²) >= 11 is 0. The number of hydrogen-bond acceptors (Lipinski definition) is 6. The van der Waals surface area contributed by atoms with Gasteiger partial charge in [0.1, 0.15) is 0 Å². The topological polar surface area (TPSA) is 141 Å².